The zero-order valence-corrected chi connectivity index (χ0v) is 12.8. The minimum absolute atomic E-state index is 0.294. The highest BCUT2D eigenvalue weighted by Gasteiger charge is 2.15. The lowest BCUT2D eigenvalue weighted by Gasteiger charge is -2.13. The normalized spacial score (nSPS) is 12.6. The first-order valence-corrected chi connectivity index (χ1v) is 7.46. The van der Waals surface area contributed by atoms with Gasteiger partial charge in [0.15, 0.2) is 0 Å². The van der Waals surface area contributed by atoms with Crippen LogP contribution in [0.25, 0.3) is 11.4 Å². The fourth-order valence-corrected chi connectivity index (χ4v) is 2.20. The van der Waals surface area contributed by atoms with E-state index in [0.717, 1.165) is 24.9 Å². The van der Waals surface area contributed by atoms with Crippen LogP contribution in [-0.2, 0) is 6.42 Å². The predicted octanol–water partition coefficient (Wildman–Crippen LogP) is 3.50. The summed E-state index contributed by atoms with van der Waals surface area (Å²) >= 11 is 0. The topological polar surface area (TPSA) is 51.0 Å². The largest absolute Gasteiger partial charge is 0.339 e. The Morgan fingerprint density at radius 2 is 2.14 bits per heavy atom. The van der Waals surface area contributed by atoms with Crippen molar-refractivity contribution < 1.29 is 8.91 Å². The Hall–Kier alpha value is -1.75. The van der Waals surface area contributed by atoms with Crippen LogP contribution in [0.2, 0.25) is 0 Å². The van der Waals surface area contributed by atoms with Gasteiger partial charge in [0, 0.05) is 18.0 Å². The van der Waals surface area contributed by atoms with E-state index in [9.17, 15) is 4.39 Å². The quantitative estimate of drug-likeness (QED) is 0.848. The average molecular weight is 291 g/mol. The van der Waals surface area contributed by atoms with Crippen molar-refractivity contribution in [2.24, 2.45) is 0 Å². The van der Waals surface area contributed by atoms with Crippen LogP contribution in [0, 0.1) is 12.7 Å². The second kappa shape index (κ2) is 7.31. The van der Waals surface area contributed by atoms with Crippen molar-refractivity contribution in [1.29, 1.82) is 0 Å². The molecule has 0 saturated carbocycles. The molecule has 0 amide bonds. The third-order valence-corrected chi connectivity index (χ3v) is 3.51. The molecule has 0 spiro atoms. The van der Waals surface area contributed by atoms with Gasteiger partial charge in [0.25, 0.3) is 0 Å². The van der Waals surface area contributed by atoms with Crippen molar-refractivity contribution in [3.05, 3.63) is 35.5 Å². The van der Waals surface area contributed by atoms with Crippen LogP contribution >= 0.6 is 0 Å². The summed E-state index contributed by atoms with van der Waals surface area (Å²) in [5.74, 6) is 0.745. The summed E-state index contributed by atoms with van der Waals surface area (Å²) in [5, 5.41) is 7.42. The average Bonchev–Trinajstić information content (AvgIpc) is 2.94. The predicted molar refractivity (Wildman–Crippen MR) is 80.5 cm³/mol. The molecule has 4 nitrogen and oxygen atoms in total. The summed E-state index contributed by atoms with van der Waals surface area (Å²) in [6.07, 6.45) is 2.78. The van der Waals surface area contributed by atoms with Gasteiger partial charge in [-0.15, -0.1) is 0 Å². The molecule has 0 fully saturated rings. The number of hydrogen-bond donors (Lipinski definition) is 1. The number of nitrogens with one attached hydrogen (secondary N) is 1. The molecule has 0 aliphatic carbocycles. The van der Waals surface area contributed by atoms with Crippen LogP contribution in [0.5, 0.6) is 0 Å². The van der Waals surface area contributed by atoms with Crippen molar-refractivity contribution in [3.63, 3.8) is 0 Å². The Balaban J connectivity index is 2.12. The zero-order chi connectivity index (χ0) is 15.2. The van der Waals surface area contributed by atoms with Crippen LogP contribution < -0.4 is 5.32 Å². The lowest BCUT2D eigenvalue weighted by molar-refractivity contribution is 0.354. The summed E-state index contributed by atoms with van der Waals surface area (Å²) in [6, 6.07) is 4.92. The van der Waals surface area contributed by atoms with Crippen molar-refractivity contribution in [3.8, 4) is 11.4 Å². The molecular weight excluding hydrogens is 269 g/mol. The molecule has 114 valence electrons. The van der Waals surface area contributed by atoms with E-state index in [1.165, 1.54) is 12.1 Å². The lowest BCUT2D eigenvalue weighted by atomic mass is 10.1. The molecule has 0 bridgehead atoms. The number of aromatic nitrogens is 2. The maximum Gasteiger partial charge on any atom is 0.228 e. The van der Waals surface area contributed by atoms with Crippen LogP contribution in [-0.4, -0.2) is 22.7 Å². The molecule has 0 aliphatic heterocycles. The minimum atomic E-state index is -0.294. The van der Waals surface area contributed by atoms with Gasteiger partial charge < -0.3 is 9.84 Å². The first-order chi connectivity index (χ1) is 10.1. The Bertz CT molecular complexity index is 583. The highest BCUT2D eigenvalue weighted by atomic mass is 19.1. The number of nitrogens with zero attached hydrogens (tertiary/aromatic N) is 2. The Morgan fingerprint density at radius 1 is 1.33 bits per heavy atom. The van der Waals surface area contributed by atoms with Gasteiger partial charge in [0.1, 0.15) is 5.82 Å². The molecular formula is C16H22FN3O. The fraction of sp³-hybridized carbons (Fsp3) is 0.500. The van der Waals surface area contributed by atoms with Gasteiger partial charge in [-0.05, 0) is 44.0 Å². The molecule has 1 unspecified atom stereocenters. The van der Waals surface area contributed by atoms with Crippen molar-refractivity contribution >= 4 is 0 Å². The standard InChI is InChI=1S/C16H22FN3O/c1-4-8-18-13(5-2)10-15-19-16(20-21-15)14-9-12(17)7-6-11(14)3/h6-7,9,13,18H,4-5,8,10H2,1-3H3. The molecule has 2 rings (SSSR count). The Labute approximate surface area is 124 Å². The van der Waals surface area contributed by atoms with Crippen LogP contribution in [0.4, 0.5) is 4.39 Å². The van der Waals surface area contributed by atoms with E-state index in [0.29, 0.717) is 29.7 Å². The summed E-state index contributed by atoms with van der Waals surface area (Å²) in [6.45, 7) is 7.14. The SMILES string of the molecule is CCCNC(CC)Cc1nc(-c2cc(F)ccc2C)no1. The molecule has 1 aromatic carbocycles. The van der Waals surface area contributed by atoms with E-state index in [-0.39, 0.29) is 5.82 Å². The van der Waals surface area contributed by atoms with Gasteiger partial charge >= 0.3 is 0 Å². The second-order valence-electron chi connectivity index (χ2n) is 5.23. The monoisotopic (exact) mass is 291 g/mol. The van der Waals surface area contributed by atoms with Crippen LogP contribution in [0.15, 0.2) is 22.7 Å². The Morgan fingerprint density at radius 3 is 2.86 bits per heavy atom. The molecule has 2 aromatic rings. The summed E-state index contributed by atoms with van der Waals surface area (Å²) in [5.41, 5.74) is 1.61. The molecule has 1 atom stereocenters. The zero-order valence-electron chi connectivity index (χ0n) is 12.8. The highest BCUT2D eigenvalue weighted by Crippen LogP contribution is 2.21. The van der Waals surface area contributed by atoms with E-state index >= 15 is 0 Å². The summed E-state index contributed by atoms with van der Waals surface area (Å²) in [4.78, 5) is 4.39. The number of benzene rings is 1. The molecule has 0 saturated heterocycles. The van der Waals surface area contributed by atoms with E-state index in [1.807, 2.05) is 6.92 Å². The van der Waals surface area contributed by atoms with E-state index in [4.69, 9.17) is 4.52 Å². The van der Waals surface area contributed by atoms with Gasteiger partial charge in [-0.1, -0.05) is 25.1 Å². The molecule has 1 aromatic heterocycles. The maximum atomic E-state index is 13.3. The number of rotatable bonds is 7. The fourth-order valence-electron chi connectivity index (χ4n) is 2.20. The van der Waals surface area contributed by atoms with Crippen molar-refractivity contribution in [2.45, 2.75) is 46.1 Å². The van der Waals surface area contributed by atoms with Gasteiger partial charge in [0.2, 0.25) is 11.7 Å². The van der Waals surface area contributed by atoms with Gasteiger partial charge in [-0.3, -0.25) is 0 Å². The van der Waals surface area contributed by atoms with Crippen LogP contribution in [0.1, 0.15) is 38.1 Å². The summed E-state index contributed by atoms with van der Waals surface area (Å²) in [7, 11) is 0. The highest BCUT2D eigenvalue weighted by molar-refractivity contribution is 5.59. The van der Waals surface area contributed by atoms with Gasteiger partial charge in [0.05, 0.1) is 0 Å². The van der Waals surface area contributed by atoms with Crippen molar-refractivity contribution in [2.75, 3.05) is 6.54 Å². The number of hydrogen-bond acceptors (Lipinski definition) is 4. The molecule has 1 N–H and O–H groups in total. The second-order valence-corrected chi connectivity index (χ2v) is 5.23. The van der Waals surface area contributed by atoms with Crippen molar-refractivity contribution in [1.82, 2.24) is 15.5 Å². The van der Waals surface area contributed by atoms with E-state index in [2.05, 4.69) is 29.3 Å². The molecule has 5 heteroatoms. The molecule has 0 radical (unpaired) electrons. The Kier molecular flexibility index (Phi) is 5.44. The van der Waals surface area contributed by atoms with E-state index in [1.54, 1.807) is 6.07 Å². The first kappa shape index (κ1) is 15.6. The molecule has 1 heterocycles. The minimum Gasteiger partial charge on any atom is -0.339 e. The van der Waals surface area contributed by atoms with Gasteiger partial charge in [-0.2, -0.15) is 4.98 Å². The number of halogens is 1. The maximum absolute atomic E-state index is 13.3. The van der Waals surface area contributed by atoms with Gasteiger partial charge in [-0.25, -0.2) is 4.39 Å². The lowest BCUT2D eigenvalue weighted by Crippen LogP contribution is -2.31. The third kappa shape index (κ3) is 4.11. The smallest absolute Gasteiger partial charge is 0.228 e. The first-order valence-electron chi connectivity index (χ1n) is 7.46. The van der Waals surface area contributed by atoms with E-state index < -0.39 is 0 Å². The number of aryl methyl sites for hydroxylation is 1. The molecule has 0 aliphatic rings. The molecule has 21 heavy (non-hydrogen) atoms. The van der Waals surface area contributed by atoms with Crippen LogP contribution in [0.3, 0.4) is 0 Å². The summed E-state index contributed by atoms with van der Waals surface area (Å²) < 4.78 is 18.7. The third-order valence-electron chi connectivity index (χ3n) is 3.51.